The fraction of sp³-hybridized carbons (Fsp3) is 0.364. The van der Waals surface area contributed by atoms with E-state index >= 15 is 0 Å². The van der Waals surface area contributed by atoms with E-state index < -0.39 is 11.0 Å². The molecule has 1 aromatic carbocycles. The van der Waals surface area contributed by atoms with Crippen LogP contribution in [0.15, 0.2) is 24.3 Å². The summed E-state index contributed by atoms with van der Waals surface area (Å²) in [6.45, 7) is 0. The molecule has 0 saturated carbocycles. The van der Waals surface area contributed by atoms with Crippen molar-refractivity contribution in [1.29, 1.82) is 0 Å². The second-order valence-electron chi connectivity index (χ2n) is 3.49. The summed E-state index contributed by atoms with van der Waals surface area (Å²) in [6, 6.07) is 5.65. The summed E-state index contributed by atoms with van der Waals surface area (Å²) in [5.41, 5.74) is 0.869. The van der Waals surface area contributed by atoms with Crippen molar-refractivity contribution in [2.45, 2.75) is 12.5 Å². The molecule has 0 unspecified atom stereocenters. The number of likely N-dealkylation sites (N-methyl/N-ethyl adjacent to an activating group) is 1. The first-order valence-corrected chi connectivity index (χ1v) is 5.07. The van der Waals surface area contributed by atoms with Gasteiger partial charge in [0.05, 0.1) is 12.0 Å². The van der Waals surface area contributed by atoms with Gasteiger partial charge in [0.2, 0.25) is 0 Å². The van der Waals surface area contributed by atoms with Gasteiger partial charge in [0, 0.05) is 12.1 Å². The molecule has 0 aromatic heterocycles. The quantitative estimate of drug-likeness (QED) is 0.468. The Morgan fingerprint density at radius 3 is 2.47 bits per heavy atom. The third-order valence-corrected chi connectivity index (χ3v) is 2.42. The van der Waals surface area contributed by atoms with Crippen molar-refractivity contribution in [3.8, 4) is 0 Å². The van der Waals surface area contributed by atoms with Gasteiger partial charge in [-0.05, 0) is 19.0 Å². The van der Waals surface area contributed by atoms with Gasteiger partial charge < -0.3 is 10.1 Å². The summed E-state index contributed by atoms with van der Waals surface area (Å²) in [4.78, 5) is 21.3. The molecule has 0 heterocycles. The molecule has 0 bridgehead atoms. The monoisotopic (exact) mass is 238 g/mol. The van der Waals surface area contributed by atoms with Crippen LogP contribution in [-0.2, 0) is 16.0 Å². The van der Waals surface area contributed by atoms with Gasteiger partial charge in [-0.3, -0.25) is 14.9 Å². The van der Waals surface area contributed by atoms with Gasteiger partial charge in [0.15, 0.2) is 0 Å². The number of carbonyl (C=O) groups is 1. The Balaban J connectivity index is 2.74. The zero-order valence-electron chi connectivity index (χ0n) is 9.67. The number of carbonyl (C=O) groups excluding carboxylic acids is 1. The molecule has 0 aliphatic rings. The van der Waals surface area contributed by atoms with Crippen molar-refractivity contribution in [1.82, 2.24) is 5.32 Å². The van der Waals surface area contributed by atoms with Crippen molar-refractivity contribution in [3.63, 3.8) is 0 Å². The number of rotatable bonds is 5. The van der Waals surface area contributed by atoms with Gasteiger partial charge in [-0.2, -0.15) is 0 Å². The summed E-state index contributed by atoms with van der Waals surface area (Å²) in [6.07, 6.45) is 0.432. The summed E-state index contributed by atoms with van der Waals surface area (Å²) in [5.74, 6) is -0.356. The van der Waals surface area contributed by atoms with Gasteiger partial charge in [-0.25, -0.2) is 0 Å². The van der Waals surface area contributed by atoms with Gasteiger partial charge in [0.1, 0.15) is 6.04 Å². The molecule has 0 radical (unpaired) electrons. The highest BCUT2D eigenvalue weighted by atomic mass is 16.6. The van der Waals surface area contributed by atoms with Gasteiger partial charge in [-0.1, -0.05) is 12.1 Å². The molecule has 1 rings (SSSR count). The average Bonchev–Trinajstić information content (AvgIpc) is 2.35. The Bertz CT molecular complexity index is 402. The molecule has 6 heteroatoms. The highest BCUT2D eigenvalue weighted by Gasteiger charge is 2.17. The summed E-state index contributed by atoms with van der Waals surface area (Å²) in [7, 11) is 2.98. The lowest BCUT2D eigenvalue weighted by atomic mass is 10.1. The van der Waals surface area contributed by atoms with Crippen LogP contribution >= 0.6 is 0 Å². The fourth-order valence-corrected chi connectivity index (χ4v) is 1.43. The van der Waals surface area contributed by atoms with E-state index in [1.54, 1.807) is 19.2 Å². The smallest absolute Gasteiger partial charge is 0.323 e. The minimum Gasteiger partial charge on any atom is -0.468 e. The van der Waals surface area contributed by atoms with E-state index in [9.17, 15) is 14.9 Å². The normalized spacial score (nSPS) is 11.9. The number of hydrogen-bond acceptors (Lipinski definition) is 5. The van der Waals surface area contributed by atoms with E-state index in [1.165, 1.54) is 19.2 Å². The molecule has 0 saturated heterocycles. The van der Waals surface area contributed by atoms with E-state index in [4.69, 9.17) is 0 Å². The molecule has 17 heavy (non-hydrogen) atoms. The number of nitrogens with zero attached hydrogens (tertiary/aromatic N) is 1. The van der Waals surface area contributed by atoms with Crippen molar-refractivity contribution in [2.24, 2.45) is 0 Å². The van der Waals surface area contributed by atoms with E-state index in [0.29, 0.717) is 6.42 Å². The van der Waals surface area contributed by atoms with E-state index in [0.717, 1.165) is 5.56 Å². The minimum absolute atomic E-state index is 0.0350. The number of esters is 1. The third-order valence-electron chi connectivity index (χ3n) is 2.42. The highest BCUT2D eigenvalue weighted by molar-refractivity contribution is 5.76. The Kier molecular flexibility index (Phi) is 4.59. The lowest BCUT2D eigenvalue weighted by Crippen LogP contribution is -2.36. The average molecular weight is 238 g/mol. The molecule has 0 aliphatic heterocycles. The summed E-state index contributed by atoms with van der Waals surface area (Å²) in [5, 5.41) is 13.3. The first kappa shape index (κ1) is 13.1. The largest absolute Gasteiger partial charge is 0.468 e. The topological polar surface area (TPSA) is 81.5 Å². The predicted molar refractivity (Wildman–Crippen MR) is 61.7 cm³/mol. The van der Waals surface area contributed by atoms with Gasteiger partial charge in [0.25, 0.3) is 5.69 Å². The zero-order valence-corrected chi connectivity index (χ0v) is 9.67. The SMILES string of the molecule is CN[C@H](Cc1ccc([N+](=O)[O-])cc1)C(=O)OC. The Labute approximate surface area is 98.7 Å². The maximum Gasteiger partial charge on any atom is 0.323 e. The lowest BCUT2D eigenvalue weighted by Gasteiger charge is -2.13. The van der Waals surface area contributed by atoms with Crippen molar-refractivity contribution >= 4 is 11.7 Å². The standard InChI is InChI=1S/C11H14N2O4/c1-12-10(11(14)17-2)7-8-3-5-9(6-4-8)13(15)16/h3-6,10,12H,7H2,1-2H3/t10-/m1/s1. The van der Waals surface area contributed by atoms with E-state index in [1.807, 2.05) is 0 Å². The summed E-state index contributed by atoms with van der Waals surface area (Å²) >= 11 is 0. The summed E-state index contributed by atoms with van der Waals surface area (Å²) < 4.78 is 4.63. The number of nitro groups is 1. The zero-order chi connectivity index (χ0) is 12.8. The Morgan fingerprint density at radius 2 is 2.06 bits per heavy atom. The number of benzene rings is 1. The minimum atomic E-state index is -0.459. The molecule has 1 N–H and O–H groups in total. The highest BCUT2D eigenvalue weighted by Crippen LogP contribution is 2.13. The van der Waals surface area contributed by atoms with Crippen LogP contribution in [0.3, 0.4) is 0 Å². The maximum absolute atomic E-state index is 11.3. The van der Waals surface area contributed by atoms with Crippen LogP contribution in [0.1, 0.15) is 5.56 Å². The molecule has 0 spiro atoms. The number of hydrogen-bond donors (Lipinski definition) is 1. The molecule has 6 nitrogen and oxygen atoms in total. The van der Waals surface area contributed by atoms with E-state index in [-0.39, 0.29) is 11.7 Å². The van der Waals surface area contributed by atoms with Crippen LogP contribution in [0.4, 0.5) is 5.69 Å². The van der Waals surface area contributed by atoms with Gasteiger partial charge in [-0.15, -0.1) is 0 Å². The first-order valence-electron chi connectivity index (χ1n) is 5.07. The third kappa shape index (κ3) is 3.53. The van der Waals surface area contributed by atoms with Crippen LogP contribution in [-0.4, -0.2) is 31.1 Å². The molecular weight excluding hydrogens is 224 g/mol. The second-order valence-corrected chi connectivity index (χ2v) is 3.49. The van der Waals surface area contributed by atoms with Crippen LogP contribution in [0.2, 0.25) is 0 Å². The van der Waals surface area contributed by atoms with Crippen molar-refractivity contribution in [3.05, 3.63) is 39.9 Å². The van der Waals surface area contributed by atoms with Crippen LogP contribution in [0, 0.1) is 10.1 Å². The predicted octanol–water partition coefficient (Wildman–Crippen LogP) is 0.898. The molecule has 0 amide bonds. The Hall–Kier alpha value is -1.95. The fourth-order valence-electron chi connectivity index (χ4n) is 1.43. The van der Waals surface area contributed by atoms with Gasteiger partial charge >= 0.3 is 5.97 Å². The van der Waals surface area contributed by atoms with Crippen LogP contribution in [0.25, 0.3) is 0 Å². The number of ether oxygens (including phenoxy) is 1. The molecule has 1 atom stereocenters. The second kappa shape index (κ2) is 5.95. The Morgan fingerprint density at radius 1 is 1.47 bits per heavy atom. The molecular formula is C11H14N2O4. The first-order chi connectivity index (χ1) is 8.08. The molecule has 92 valence electrons. The molecule has 1 aromatic rings. The number of nitro benzene ring substituents is 1. The van der Waals surface area contributed by atoms with E-state index in [2.05, 4.69) is 10.1 Å². The lowest BCUT2D eigenvalue weighted by molar-refractivity contribution is -0.384. The van der Waals surface area contributed by atoms with Crippen LogP contribution in [0.5, 0.6) is 0 Å². The number of nitrogens with one attached hydrogen (secondary N) is 1. The maximum atomic E-state index is 11.3. The van der Waals surface area contributed by atoms with Crippen LogP contribution < -0.4 is 5.32 Å². The van der Waals surface area contributed by atoms with Crippen molar-refractivity contribution < 1.29 is 14.5 Å². The number of non-ortho nitro benzene ring substituents is 1. The molecule has 0 fully saturated rings. The number of methoxy groups -OCH3 is 1. The van der Waals surface area contributed by atoms with Crippen molar-refractivity contribution in [2.75, 3.05) is 14.2 Å². The molecule has 0 aliphatic carbocycles.